The maximum absolute atomic E-state index is 11.4. The maximum Gasteiger partial charge on any atom is 0.371 e. The summed E-state index contributed by atoms with van der Waals surface area (Å²) in [5.74, 6) is -1.14. The smallest absolute Gasteiger partial charge is 0.371 e. The summed E-state index contributed by atoms with van der Waals surface area (Å²) in [6, 6.07) is 4.95. The molecule has 0 aliphatic heterocycles. The van der Waals surface area contributed by atoms with Gasteiger partial charge in [-0.15, -0.1) is 0 Å². The molecule has 0 unspecified atom stereocenters. The summed E-state index contributed by atoms with van der Waals surface area (Å²) in [6.07, 6.45) is 0. The number of hydrogen-bond donors (Lipinski definition) is 2. The van der Waals surface area contributed by atoms with E-state index in [1.165, 1.54) is 12.1 Å². The van der Waals surface area contributed by atoms with Crippen LogP contribution in [0.15, 0.2) is 38.3 Å². The highest BCUT2D eigenvalue weighted by Gasteiger charge is 2.09. The standard InChI is InChI=1S/C10H8N2O5/c13-8-3-4-9(14)12(11-8)5-6-1-2-7(17-6)10(15)16/h1-4H,5H2,(H,11,13)(H,15,16). The molecule has 88 valence electrons. The van der Waals surface area contributed by atoms with Crippen molar-refractivity contribution in [2.75, 3.05) is 0 Å². The molecule has 2 aromatic rings. The molecule has 0 aliphatic rings. The molecule has 0 fully saturated rings. The number of carboxylic acid groups (broad SMARTS) is 1. The van der Waals surface area contributed by atoms with Crippen molar-refractivity contribution >= 4 is 5.97 Å². The Morgan fingerprint density at radius 3 is 2.71 bits per heavy atom. The number of carbonyl (C=O) groups is 1. The third kappa shape index (κ3) is 2.33. The second-order valence-electron chi connectivity index (χ2n) is 3.30. The zero-order valence-corrected chi connectivity index (χ0v) is 8.54. The van der Waals surface area contributed by atoms with Crippen LogP contribution in [0, 0.1) is 0 Å². The average molecular weight is 236 g/mol. The van der Waals surface area contributed by atoms with Gasteiger partial charge in [0, 0.05) is 12.1 Å². The first-order valence-electron chi connectivity index (χ1n) is 4.68. The summed E-state index contributed by atoms with van der Waals surface area (Å²) in [7, 11) is 0. The van der Waals surface area contributed by atoms with Gasteiger partial charge in [-0.3, -0.25) is 14.7 Å². The van der Waals surface area contributed by atoms with Crippen LogP contribution >= 0.6 is 0 Å². The monoisotopic (exact) mass is 236 g/mol. The van der Waals surface area contributed by atoms with Crippen LogP contribution in [0.5, 0.6) is 0 Å². The summed E-state index contributed by atoms with van der Waals surface area (Å²) < 4.78 is 6.00. The Morgan fingerprint density at radius 2 is 2.06 bits per heavy atom. The van der Waals surface area contributed by atoms with Crippen LogP contribution < -0.4 is 11.1 Å². The Kier molecular flexibility index (Phi) is 2.65. The molecule has 0 atom stereocenters. The first-order chi connectivity index (χ1) is 8.06. The molecule has 7 heteroatoms. The SMILES string of the molecule is O=C(O)c1ccc(Cn2[nH]c(=O)ccc2=O)o1. The number of carboxylic acids is 1. The number of H-pyrrole nitrogens is 1. The molecule has 2 aromatic heterocycles. The predicted molar refractivity (Wildman–Crippen MR) is 56.1 cm³/mol. The van der Waals surface area contributed by atoms with Crippen LogP contribution in [-0.4, -0.2) is 20.9 Å². The maximum atomic E-state index is 11.4. The van der Waals surface area contributed by atoms with Crippen LogP contribution in [0.4, 0.5) is 0 Å². The van der Waals surface area contributed by atoms with Gasteiger partial charge in [-0.25, -0.2) is 9.48 Å². The molecule has 0 aromatic carbocycles. The summed E-state index contributed by atoms with van der Waals surface area (Å²) in [5.41, 5.74) is -0.826. The van der Waals surface area contributed by atoms with E-state index in [9.17, 15) is 14.4 Å². The molecule has 7 nitrogen and oxygen atoms in total. The van der Waals surface area contributed by atoms with E-state index in [-0.39, 0.29) is 18.1 Å². The van der Waals surface area contributed by atoms with Gasteiger partial charge in [0.2, 0.25) is 5.76 Å². The van der Waals surface area contributed by atoms with E-state index in [1.54, 1.807) is 0 Å². The highest BCUT2D eigenvalue weighted by Crippen LogP contribution is 2.07. The number of nitrogens with zero attached hydrogens (tertiary/aromatic N) is 1. The largest absolute Gasteiger partial charge is 0.475 e. The lowest BCUT2D eigenvalue weighted by Gasteiger charge is -2.01. The zero-order chi connectivity index (χ0) is 12.4. The molecule has 0 aliphatic carbocycles. The number of furan rings is 1. The minimum Gasteiger partial charge on any atom is -0.475 e. The number of aromatic nitrogens is 2. The molecular weight excluding hydrogens is 228 g/mol. The quantitative estimate of drug-likeness (QED) is 0.772. The summed E-state index contributed by atoms with van der Waals surface area (Å²) in [4.78, 5) is 32.9. The fourth-order valence-electron chi connectivity index (χ4n) is 1.31. The minimum atomic E-state index is -1.19. The van der Waals surface area contributed by atoms with E-state index in [0.717, 1.165) is 16.8 Å². The molecule has 17 heavy (non-hydrogen) atoms. The van der Waals surface area contributed by atoms with E-state index in [2.05, 4.69) is 5.10 Å². The van der Waals surface area contributed by atoms with E-state index in [1.807, 2.05) is 0 Å². The average Bonchev–Trinajstić information content (AvgIpc) is 2.72. The fraction of sp³-hybridized carbons (Fsp3) is 0.100. The second-order valence-corrected chi connectivity index (χ2v) is 3.30. The van der Waals surface area contributed by atoms with Gasteiger partial charge in [0.15, 0.2) is 0 Å². The van der Waals surface area contributed by atoms with Crippen LogP contribution in [0.3, 0.4) is 0 Å². The molecule has 0 amide bonds. The van der Waals surface area contributed by atoms with Crippen molar-refractivity contribution in [3.63, 3.8) is 0 Å². The molecule has 0 bridgehead atoms. The van der Waals surface area contributed by atoms with Crippen LogP contribution in [-0.2, 0) is 6.54 Å². The summed E-state index contributed by atoms with van der Waals surface area (Å²) >= 11 is 0. The fourth-order valence-corrected chi connectivity index (χ4v) is 1.31. The number of hydrogen-bond acceptors (Lipinski definition) is 4. The first-order valence-corrected chi connectivity index (χ1v) is 4.68. The summed E-state index contributed by atoms with van der Waals surface area (Å²) in [6.45, 7) is -0.0256. The molecule has 0 radical (unpaired) electrons. The number of rotatable bonds is 3. The molecule has 2 rings (SSSR count). The van der Waals surface area contributed by atoms with Crippen molar-refractivity contribution in [2.45, 2.75) is 6.54 Å². The Morgan fingerprint density at radius 1 is 1.29 bits per heavy atom. The minimum absolute atomic E-state index is 0.0256. The normalized spacial score (nSPS) is 10.4. The van der Waals surface area contributed by atoms with Crippen molar-refractivity contribution < 1.29 is 14.3 Å². The lowest BCUT2D eigenvalue weighted by atomic mass is 10.4. The number of aromatic amines is 1. The predicted octanol–water partition coefficient (Wildman–Crippen LogP) is -0.124. The lowest BCUT2D eigenvalue weighted by molar-refractivity contribution is 0.0660. The number of nitrogens with one attached hydrogen (secondary N) is 1. The van der Waals surface area contributed by atoms with E-state index >= 15 is 0 Å². The molecule has 2 N–H and O–H groups in total. The Hall–Kier alpha value is -2.57. The van der Waals surface area contributed by atoms with Crippen molar-refractivity contribution in [1.82, 2.24) is 9.78 Å². The first kappa shape index (κ1) is 10.9. The lowest BCUT2D eigenvalue weighted by Crippen LogP contribution is -2.28. The topological polar surface area (TPSA) is 105 Å². The van der Waals surface area contributed by atoms with E-state index < -0.39 is 17.1 Å². The highest BCUT2D eigenvalue weighted by atomic mass is 16.4. The van der Waals surface area contributed by atoms with Gasteiger partial charge in [0.25, 0.3) is 11.1 Å². The van der Waals surface area contributed by atoms with Crippen molar-refractivity contribution in [3.8, 4) is 0 Å². The van der Waals surface area contributed by atoms with Gasteiger partial charge >= 0.3 is 5.97 Å². The van der Waals surface area contributed by atoms with Gasteiger partial charge in [-0.2, -0.15) is 0 Å². The van der Waals surface area contributed by atoms with Gasteiger partial charge < -0.3 is 9.52 Å². The Balaban J connectivity index is 2.31. The van der Waals surface area contributed by atoms with Gasteiger partial charge in [0.05, 0.1) is 0 Å². The van der Waals surface area contributed by atoms with Crippen LogP contribution in [0.2, 0.25) is 0 Å². The third-order valence-corrected chi connectivity index (χ3v) is 2.07. The Bertz CT molecular complexity index is 664. The van der Waals surface area contributed by atoms with Crippen molar-refractivity contribution in [2.24, 2.45) is 0 Å². The van der Waals surface area contributed by atoms with Gasteiger partial charge in [0.1, 0.15) is 12.3 Å². The van der Waals surface area contributed by atoms with Crippen molar-refractivity contribution in [1.29, 1.82) is 0 Å². The van der Waals surface area contributed by atoms with E-state index in [4.69, 9.17) is 9.52 Å². The summed E-state index contributed by atoms with van der Waals surface area (Å²) in [5, 5.41) is 10.9. The second kappa shape index (κ2) is 4.12. The van der Waals surface area contributed by atoms with Crippen molar-refractivity contribution in [3.05, 3.63) is 56.5 Å². The van der Waals surface area contributed by atoms with Crippen LogP contribution in [0.1, 0.15) is 16.3 Å². The molecular formula is C10H8N2O5. The molecule has 0 saturated carbocycles. The van der Waals surface area contributed by atoms with E-state index in [0.29, 0.717) is 0 Å². The van der Waals surface area contributed by atoms with Crippen LogP contribution in [0.25, 0.3) is 0 Å². The molecule has 0 spiro atoms. The zero-order valence-electron chi connectivity index (χ0n) is 8.54. The highest BCUT2D eigenvalue weighted by molar-refractivity contribution is 5.84. The van der Waals surface area contributed by atoms with Gasteiger partial charge in [-0.1, -0.05) is 0 Å². The number of aromatic carboxylic acids is 1. The van der Waals surface area contributed by atoms with Gasteiger partial charge in [-0.05, 0) is 12.1 Å². The Labute approximate surface area is 93.9 Å². The molecule has 0 saturated heterocycles. The molecule has 2 heterocycles. The third-order valence-electron chi connectivity index (χ3n) is 2.07.